The van der Waals surface area contributed by atoms with E-state index in [1.54, 1.807) is 7.11 Å². The second kappa shape index (κ2) is 6.02. The van der Waals surface area contributed by atoms with E-state index in [0.717, 1.165) is 27.8 Å². The normalized spacial score (nSPS) is 10.8. The molecule has 0 bridgehead atoms. The van der Waals surface area contributed by atoms with Crippen molar-refractivity contribution in [1.29, 1.82) is 0 Å². The van der Waals surface area contributed by atoms with Crippen molar-refractivity contribution < 1.29 is 9.53 Å². The van der Waals surface area contributed by atoms with Gasteiger partial charge in [-0.25, -0.2) is 0 Å². The lowest BCUT2D eigenvalue weighted by molar-refractivity contribution is 0.0988. The Labute approximate surface area is 129 Å². The monoisotopic (exact) mass is 294 g/mol. The molecule has 0 saturated heterocycles. The highest BCUT2D eigenvalue weighted by Gasteiger charge is 2.07. The average molecular weight is 294 g/mol. The first-order valence-electron chi connectivity index (χ1n) is 7.33. The van der Waals surface area contributed by atoms with E-state index in [9.17, 15) is 4.79 Å². The van der Waals surface area contributed by atoms with Crippen LogP contribution in [0.2, 0.25) is 0 Å². The van der Waals surface area contributed by atoms with E-state index < -0.39 is 0 Å². The predicted octanol–water partition coefficient (Wildman–Crippen LogP) is 3.69. The van der Waals surface area contributed by atoms with Gasteiger partial charge in [0.25, 0.3) is 0 Å². The fourth-order valence-corrected chi connectivity index (χ4v) is 2.45. The van der Waals surface area contributed by atoms with Gasteiger partial charge in [-0.2, -0.15) is 5.10 Å². The maximum atomic E-state index is 11.8. The minimum atomic E-state index is 0.157. The van der Waals surface area contributed by atoms with Crippen LogP contribution in [0.5, 0.6) is 5.75 Å². The zero-order chi connectivity index (χ0) is 15.5. The van der Waals surface area contributed by atoms with Gasteiger partial charge in [-0.15, -0.1) is 0 Å². The van der Waals surface area contributed by atoms with E-state index in [1.807, 2.05) is 60.3 Å². The number of Topliss-reactive ketones (excluding diaryl/α,β-unsaturated/α-hetero) is 1. The fraction of sp³-hybridized carbons (Fsp3) is 0.222. The molecule has 1 heterocycles. The zero-order valence-corrected chi connectivity index (χ0v) is 12.7. The number of ether oxygens (including phenoxy) is 1. The third-order valence-electron chi connectivity index (χ3n) is 3.70. The van der Waals surface area contributed by atoms with Gasteiger partial charge in [0, 0.05) is 23.6 Å². The molecule has 22 heavy (non-hydrogen) atoms. The maximum absolute atomic E-state index is 11.8. The number of carbonyl (C=O) groups is 1. The van der Waals surface area contributed by atoms with Crippen LogP contribution in [0.1, 0.15) is 29.3 Å². The van der Waals surface area contributed by atoms with Gasteiger partial charge in [-0.05, 0) is 35.9 Å². The molecule has 0 unspecified atom stereocenters. The van der Waals surface area contributed by atoms with Crippen LogP contribution in [-0.2, 0) is 6.54 Å². The van der Waals surface area contributed by atoms with E-state index >= 15 is 0 Å². The van der Waals surface area contributed by atoms with Gasteiger partial charge in [0.1, 0.15) is 5.75 Å². The second-order valence-corrected chi connectivity index (χ2v) is 5.23. The van der Waals surface area contributed by atoms with Gasteiger partial charge in [0.2, 0.25) is 0 Å². The first-order chi connectivity index (χ1) is 10.7. The number of aromatic nitrogens is 2. The van der Waals surface area contributed by atoms with Crippen LogP contribution in [0.25, 0.3) is 10.9 Å². The van der Waals surface area contributed by atoms with Crippen LogP contribution in [0, 0.1) is 0 Å². The average Bonchev–Trinajstić information content (AvgIpc) is 2.96. The second-order valence-electron chi connectivity index (χ2n) is 5.23. The molecule has 3 aromatic rings. The molecule has 0 aliphatic heterocycles. The number of hydrogen-bond acceptors (Lipinski definition) is 3. The number of carbonyl (C=O) groups excluding carboxylic acids is 1. The van der Waals surface area contributed by atoms with Crippen molar-refractivity contribution in [2.45, 2.75) is 19.9 Å². The Hall–Kier alpha value is -2.62. The Morgan fingerprint density at radius 3 is 2.64 bits per heavy atom. The Morgan fingerprint density at radius 1 is 1.18 bits per heavy atom. The first kappa shape index (κ1) is 14.3. The molecule has 0 amide bonds. The Balaban J connectivity index is 1.86. The highest BCUT2D eigenvalue weighted by molar-refractivity contribution is 5.99. The minimum Gasteiger partial charge on any atom is -0.497 e. The fourth-order valence-electron chi connectivity index (χ4n) is 2.45. The predicted molar refractivity (Wildman–Crippen MR) is 86.5 cm³/mol. The van der Waals surface area contributed by atoms with Crippen molar-refractivity contribution in [2.75, 3.05) is 7.11 Å². The third-order valence-corrected chi connectivity index (χ3v) is 3.70. The standard InChI is InChI=1S/C18H18N2O2/c1-3-18(21)14-6-9-17-15(10-14)12-20(19-17)11-13-4-7-16(22-2)8-5-13/h4-10,12H,3,11H2,1-2H3. The topological polar surface area (TPSA) is 44.1 Å². The van der Waals surface area contributed by atoms with Gasteiger partial charge in [0.15, 0.2) is 5.78 Å². The van der Waals surface area contributed by atoms with E-state index in [2.05, 4.69) is 5.10 Å². The summed E-state index contributed by atoms with van der Waals surface area (Å²) >= 11 is 0. The molecular weight excluding hydrogens is 276 g/mol. The molecule has 0 aliphatic carbocycles. The molecule has 0 atom stereocenters. The Kier molecular flexibility index (Phi) is 3.92. The van der Waals surface area contributed by atoms with Gasteiger partial charge in [-0.1, -0.05) is 19.1 Å². The van der Waals surface area contributed by atoms with E-state index in [0.29, 0.717) is 13.0 Å². The smallest absolute Gasteiger partial charge is 0.162 e. The summed E-state index contributed by atoms with van der Waals surface area (Å²) in [7, 11) is 1.66. The van der Waals surface area contributed by atoms with Crippen LogP contribution >= 0.6 is 0 Å². The molecule has 0 aliphatic rings. The summed E-state index contributed by atoms with van der Waals surface area (Å²) in [5, 5.41) is 5.54. The lowest BCUT2D eigenvalue weighted by Gasteiger charge is -2.03. The van der Waals surface area contributed by atoms with E-state index in [1.165, 1.54) is 0 Å². The molecule has 0 fully saturated rings. The molecule has 3 rings (SSSR count). The van der Waals surface area contributed by atoms with Gasteiger partial charge < -0.3 is 4.74 Å². The molecule has 4 nitrogen and oxygen atoms in total. The lowest BCUT2D eigenvalue weighted by Crippen LogP contribution is -1.99. The van der Waals surface area contributed by atoms with Crippen molar-refractivity contribution in [3.8, 4) is 5.75 Å². The molecule has 1 aromatic heterocycles. The summed E-state index contributed by atoms with van der Waals surface area (Å²) in [6, 6.07) is 13.6. The van der Waals surface area contributed by atoms with Crippen LogP contribution in [0.4, 0.5) is 0 Å². The van der Waals surface area contributed by atoms with Crippen LogP contribution in [0.15, 0.2) is 48.7 Å². The largest absolute Gasteiger partial charge is 0.497 e. The summed E-state index contributed by atoms with van der Waals surface area (Å²) in [5.74, 6) is 1.00. The summed E-state index contributed by atoms with van der Waals surface area (Å²) in [5.41, 5.74) is 2.80. The van der Waals surface area contributed by atoms with Crippen molar-refractivity contribution in [3.63, 3.8) is 0 Å². The molecule has 0 radical (unpaired) electrons. The zero-order valence-electron chi connectivity index (χ0n) is 12.7. The van der Waals surface area contributed by atoms with Crippen molar-refractivity contribution >= 4 is 16.7 Å². The van der Waals surface area contributed by atoms with Crippen LogP contribution < -0.4 is 4.74 Å². The molecule has 2 aromatic carbocycles. The number of hydrogen-bond donors (Lipinski definition) is 0. The Bertz CT molecular complexity index is 804. The van der Waals surface area contributed by atoms with Crippen molar-refractivity contribution in [3.05, 3.63) is 59.8 Å². The van der Waals surface area contributed by atoms with Gasteiger partial charge >= 0.3 is 0 Å². The number of benzene rings is 2. The molecule has 112 valence electrons. The summed E-state index contributed by atoms with van der Waals surface area (Å²) in [4.78, 5) is 11.8. The number of rotatable bonds is 5. The quantitative estimate of drug-likeness (QED) is 0.674. The molecule has 0 N–H and O–H groups in total. The maximum Gasteiger partial charge on any atom is 0.162 e. The SMILES string of the molecule is CCC(=O)c1ccc2nn(Cc3ccc(OC)cc3)cc2c1. The van der Waals surface area contributed by atoms with Gasteiger partial charge in [0.05, 0.1) is 19.2 Å². The molecule has 0 spiro atoms. The van der Waals surface area contributed by atoms with Crippen molar-refractivity contribution in [1.82, 2.24) is 9.78 Å². The highest BCUT2D eigenvalue weighted by atomic mass is 16.5. The van der Waals surface area contributed by atoms with E-state index in [4.69, 9.17) is 4.74 Å². The lowest BCUT2D eigenvalue weighted by atomic mass is 10.1. The number of nitrogens with zero attached hydrogens (tertiary/aromatic N) is 2. The summed E-state index contributed by atoms with van der Waals surface area (Å²) in [6.07, 6.45) is 2.50. The van der Waals surface area contributed by atoms with Crippen molar-refractivity contribution in [2.24, 2.45) is 0 Å². The molecule has 4 heteroatoms. The number of ketones is 1. The minimum absolute atomic E-state index is 0.157. The molecule has 0 saturated carbocycles. The first-order valence-corrected chi connectivity index (χ1v) is 7.33. The highest BCUT2D eigenvalue weighted by Crippen LogP contribution is 2.17. The Morgan fingerprint density at radius 2 is 1.95 bits per heavy atom. The summed E-state index contributed by atoms with van der Waals surface area (Å²) in [6.45, 7) is 2.56. The van der Waals surface area contributed by atoms with Crippen LogP contribution in [-0.4, -0.2) is 22.7 Å². The summed E-state index contributed by atoms with van der Waals surface area (Å²) < 4.78 is 7.05. The number of fused-ring (bicyclic) bond motifs is 1. The number of methoxy groups -OCH3 is 1. The van der Waals surface area contributed by atoms with Gasteiger partial charge in [-0.3, -0.25) is 9.48 Å². The van der Waals surface area contributed by atoms with E-state index in [-0.39, 0.29) is 5.78 Å². The molecular formula is C18H18N2O2. The third kappa shape index (κ3) is 2.86. The van der Waals surface area contributed by atoms with Crippen LogP contribution in [0.3, 0.4) is 0 Å².